The average molecular weight is 271 g/mol. The lowest BCUT2D eigenvalue weighted by molar-refractivity contribution is -0.151. The summed E-state index contributed by atoms with van der Waals surface area (Å²) in [5, 5.41) is 3.23. The summed E-state index contributed by atoms with van der Waals surface area (Å²) in [6.07, 6.45) is 7.25. The summed E-state index contributed by atoms with van der Waals surface area (Å²) in [7, 11) is 0. The highest BCUT2D eigenvalue weighted by Crippen LogP contribution is 2.21. The molecule has 4 nitrogen and oxygen atoms in total. The van der Waals surface area contributed by atoms with E-state index in [0.29, 0.717) is 25.7 Å². The molecule has 0 aliphatic heterocycles. The summed E-state index contributed by atoms with van der Waals surface area (Å²) in [6, 6.07) is 0. The molecular weight excluding hydrogens is 242 g/mol. The molecule has 0 saturated heterocycles. The number of carbonyl (C=O) groups excluding carboxylic acids is 1. The molecule has 1 aliphatic carbocycles. The van der Waals surface area contributed by atoms with Crippen molar-refractivity contribution in [3.8, 4) is 0 Å². The lowest BCUT2D eigenvalue weighted by atomic mass is 9.96. The SMILES string of the molecule is CCNC(C)(CCOC1CCCCC1)C(=O)OCC. The average Bonchev–Trinajstić information content (AvgIpc) is 2.40. The van der Waals surface area contributed by atoms with Crippen molar-refractivity contribution in [2.75, 3.05) is 19.8 Å². The van der Waals surface area contributed by atoms with Gasteiger partial charge in [0.25, 0.3) is 0 Å². The quantitative estimate of drug-likeness (QED) is 0.689. The third kappa shape index (κ3) is 5.49. The van der Waals surface area contributed by atoms with Crippen LogP contribution in [0.25, 0.3) is 0 Å². The van der Waals surface area contributed by atoms with Gasteiger partial charge in [-0.1, -0.05) is 26.2 Å². The summed E-state index contributed by atoms with van der Waals surface area (Å²) < 4.78 is 11.1. The Morgan fingerprint density at radius 2 is 1.95 bits per heavy atom. The first-order valence-corrected chi connectivity index (χ1v) is 7.66. The predicted molar refractivity (Wildman–Crippen MR) is 76.2 cm³/mol. The van der Waals surface area contributed by atoms with Crippen LogP contribution in [0, 0.1) is 0 Å². The molecule has 1 atom stereocenters. The van der Waals surface area contributed by atoms with Crippen molar-refractivity contribution in [3.63, 3.8) is 0 Å². The second kappa shape index (κ2) is 8.54. The fourth-order valence-electron chi connectivity index (χ4n) is 2.60. The van der Waals surface area contributed by atoms with Gasteiger partial charge in [0.15, 0.2) is 0 Å². The first-order valence-electron chi connectivity index (χ1n) is 7.66. The molecule has 0 heterocycles. The summed E-state index contributed by atoms with van der Waals surface area (Å²) in [6.45, 7) is 7.52. The van der Waals surface area contributed by atoms with E-state index in [9.17, 15) is 4.79 Å². The van der Waals surface area contributed by atoms with Crippen LogP contribution < -0.4 is 5.32 Å². The second-order valence-electron chi connectivity index (χ2n) is 5.46. The molecule has 1 aliphatic rings. The summed E-state index contributed by atoms with van der Waals surface area (Å²) in [4.78, 5) is 12.0. The molecule has 0 aromatic rings. The van der Waals surface area contributed by atoms with Crippen molar-refractivity contribution >= 4 is 5.97 Å². The van der Waals surface area contributed by atoms with Crippen LogP contribution in [0.15, 0.2) is 0 Å². The molecule has 1 N–H and O–H groups in total. The number of hydrogen-bond donors (Lipinski definition) is 1. The highest BCUT2D eigenvalue weighted by Gasteiger charge is 2.33. The number of hydrogen-bond acceptors (Lipinski definition) is 4. The summed E-state index contributed by atoms with van der Waals surface area (Å²) >= 11 is 0. The molecule has 1 fully saturated rings. The van der Waals surface area contributed by atoms with E-state index in [4.69, 9.17) is 9.47 Å². The van der Waals surface area contributed by atoms with E-state index in [1.54, 1.807) is 0 Å². The topological polar surface area (TPSA) is 47.6 Å². The summed E-state index contributed by atoms with van der Waals surface area (Å²) in [5.41, 5.74) is -0.626. The van der Waals surface area contributed by atoms with Crippen LogP contribution in [0.2, 0.25) is 0 Å². The molecular formula is C15H29NO3. The molecule has 0 aromatic heterocycles. The number of likely N-dealkylation sites (N-methyl/N-ethyl adjacent to an activating group) is 1. The van der Waals surface area contributed by atoms with E-state index in [2.05, 4.69) is 5.32 Å². The fourth-order valence-corrected chi connectivity index (χ4v) is 2.60. The van der Waals surface area contributed by atoms with Gasteiger partial charge in [-0.15, -0.1) is 0 Å². The predicted octanol–water partition coefficient (Wildman–Crippen LogP) is 2.66. The standard InChI is InChI=1S/C15H29NO3/c1-4-16-15(3,14(17)18-5-2)11-12-19-13-9-7-6-8-10-13/h13,16H,4-12H2,1-3H3. The van der Waals surface area contributed by atoms with Crippen molar-refractivity contribution in [2.24, 2.45) is 0 Å². The van der Waals surface area contributed by atoms with E-state index in [-0.39, 0.29) is 5.97 Å². The van der Waals surface area contributed by atoms with Gasteiger partial charge in [-0.2, -0.15) is 0 Å². The van der Waals surface area contributed by atoms with E-state index in [1.807, 2.05) is 20.8 Å². The van der Waals surface area contributed by atoms with Crippen LogP contribution in [0.4, 0.5) is 0 Å². The number of rotatable bonds is 8. The molecule has 0 bridgehead atoms. The van der Waals surface area contributed by atoms with Crippen molar-refractivity contribution in [3.05, 3.63) is 0 Å². The van der Waals surface area contributed by atoms with Crippen molar-refractivity contribution in [2.45, 2.75) is 70.9 Å². The molecule has 4 heteroatoms. The number of esters is 1. The molecule has 112 valence electrons. The molecule has 19 heavy (non-hydrogen) atoms. The van der Waals surface area contributed by atoms with Gasteiger partial charge in [0.2, 0.25) is 0 Å². The third-order valence-corrected chi connectivity index (χ3v) is 3.80. The Hall–Kier alpha value is -0.610. The van der Waals surface area contributed by atoms with E-state index in [0.717, 1.165) is 19.4 Å². The minimum Gasteiger partial charge on any atom is -0.465 e. The van der Waals surface area contributed by atoms with Crippen LogP contribution in [0.3, 0.4) is 0 Å². The van der Waals surface area contributed by atoms with Gasteiger partial charge in [-0.25, -0.2) is 0 Å². The first-order chi connectivity index (χ1) is 9.12. The lowest BCUT2D eigenvalue weighted by Gasteiger charge is -2.29. The van der Waals surface area contributed by atoms with E-state index >= 15 is 0 Å². The maximum Gasteiger partial charge on any atom is 0.326 e. The third-order valence-electron chi connectivity index (χ3n) is 3.80. The van der Waals surface area contributed by atoms with Crippen LogP contribution in [-0.2, 0) is 14.3 Å². The molecule has 0 spiro atoms. The molecule has 0 radical (unpaired) electrons. The minimum atomic E-state index is -0.626. The molecule has 0 amide bonds. The van der Waals surface area contributed by atoms with E-state index < -0.39 is 5.54 Å². The Morgan fingerprint density at radius 1 is 1.26 bits per heavy atom. The highest BCUT2D eigenvalue weighted by atomic mass is 16.5. The molecule has 0 aromatic carbocycles. The molecule has 1 saturated carbocycles. The van der Waals surface area contributed by atoms with Crippen LogP contribution in [0.1, 0.15) is 59.3 Å². The summed E-state index contributed by atoms with van der Waals surface area (Å²) in [5.74, 6) is -0.177. The maximum atomic E-state index is 12.0. The van der Waals surface area contributed by atoms with Crippen LogP contribution >= 0.6 is 0 Å². The van der Waals surface area contributed by atoms with Gasteiger partial charge in [0.1, 0.15) is 5.54 Å². The van der Waals surface area contributed by atoms with Gasteiger partial charge >= 0.3 is 5.97 Å². The van der Waals surface area contributed by atoms with Gasteiger partial charge < -0.3 is 14.8 Å². The zero-order chi connectivity index (χ0) is 14.1. The largest absolute Gasteiger partial charge is 0.465 e. The Kier molecular flexibility index (Phi) is 7.39. The maximum absolute atomic E-state index is 12.0. The minimum absolute atomic E-state index is 0.177. The van der Waals surface area contributed by atoms with Crippen molar-refractivity contribution in [1.82, 2.24) is 5.32 Å². The Balaban J connectivity index is 2.37. The zero-order valence-corrected chi connectivity index (χ0v) is 12.7. The number of nitrogens with one attached hydrogen (secondary N) is 1. The van der Waals surface area contributed by atoms with Gasteiger partial charge in [0.05, 0.1) is 12.7 Å². The number of ether oxygens (including phenoxy) is 2. The zero-order valence-electron chi connectivity index (χ0n) is 12.7. The van der Waals surface area contributed by atoms with Gasteiger partial charge in [0, 0.05) is 6.61 Å². The Morgan fingerprint density at radius 3 is 2.53 bits per heavy atom. The van der Waals surface area contributed by atoms with Crippen molar-refractivity contribution < 1.29 is 14.3 Å². The smallest absolute Gasteiger partial charge is 0.326 e. The lowest BCUT2D eigenvalue weighted by Crippen LogP contribution is -2.51. The van der Waals surface area contributed by atoms with Crippen LogP contribution in [-0.4, -0.2) is 37.4 Å². The van der Waals surface area contributed by atoms with Crippen molar-refractivity contribution in [1.29, 1.82) is 0 Å². The number of carbonyl (C=O) groups is 1. The second-order valence-corrected chi connectivity index (χ2v) is 5.46. The monoisotopic (exact) mass is 271 g/mol. The first kappa shape index (κ1) is 16.4. The van der Waals surface area contributed by atoms with E-state index in [1.165, 1.54) is 19.3 Å². The van der Waals surface area contributed by atoms with Gasteiger partial charge in [-0.3, -0.25) is 4.79 Å². The molecule has 1 unspecified atom stereocenters. The van der Waals surface area contributed by atoms with Crippen LogP contribution in [0.5, 0.6) is 0 Å². The highest BCUT2D eigenvalue weighted by molar-refractivity contribution is 5.80. The Bertz CT molecular complexity index is 264. The fraction of sp³-hybridized carbons (Fsp3) is 0.933. The molecule has 1 rings (SSSR count). The van der Waals surface area contributed by atoms with Gasteiger partial charge in [-0.05, 0) is 39.7 Å². The Labute approximate surface area is 117 Å². The normalized spacial score (nSPS) is 19.9.